The Morgan fingerprint density at radius 2 is 1.96 bits per heavy atom. The summed E-state index contributed by atoms with van der Waals surface area (Å²) in [5, 5.41) is 12.6. The molecule has 0 unspecified atom stereocenters. The quantitative estimate of drug-likeness (QED) is 0.378. The average molecular weight is 364 g/mol. The van der Waals surface area contributed by atoms with Crippen molar-refractivity contribution in [2.24, 2.45) is 5.10 Å². The summed E-state index contributed by atoms with van der Waals surface area (Å²) in [6.07, 6.45) is 3.45. The van der Waals surface area contributed by atoms with Crippen LogP contribution in [0.25, 0.3) is 22.2 Å². The van der Waals surface area contributed by atoms with Crippen molar-refractivity contribution < 1.29 is 4.79 Å². The fraction of sp³-hybridized carbons (Fsp3) is 0. The van der Waals surface area contributed by atoms with Gasteiger partial charge in [-0.25, -0.2) is 5.43 Å². The van der Waals surface area contributed by atoms with Crippen molar-refractivity contribution in [3.8, 4) is 11.3 Å². The number of fused-ring (bicyclic) bond motifs is 1. The van der Waals surface area contributed by atoms with Crippen molar-refractivity contribution in [2.75, 3.05) is 0 Å². The summed E-state index contributed by atoms with van der Waals surface area (Å²) < 4.78 is 0. The van der Waals surface area contributed by atoms with Gasteiger partial charge in [0.15, 0.2) is 0 Å². The van der Waals surface area contributed by atoms with Gasteiger partial charge in [0.1, 0.15) is 5.69 Å². The zero-order chi connectivity index (χ0) is 17.9. The molecule has 0 spiro atoms. The number of aromatic amines is 2. The normalized spacial score (nSPS) is 11.3. The van der Waals surface area contributed by atoms with Crippen LogP contribution in [0, 0.1) is 0 Å². The van der Waals surface area contributed by atoms with Gasteiger partial charge in [0.25, 0.3) is 5.91 Å². The Morgan fingerprint density at radius 3 is 2.81 bits per heavy atom. The van der Waals surface area contributed by atoms with Crippen molar-refractivity contribution in [1.29, 1.82) is 0 Å². The molecular formula is C19H14ClN5O. The van der Waals surface area contributed by atoms with Gasteiger partial charge in [-0.2, -0.15) is 10.2 Å². The van der Waals surface area contributed by atoms with Crippen molar-refractivity contribution >= 4 is 34.6 Å². The van der Waals surface area contributed by atoms with Crippen molar-refractivity contribution in [3.05, 3.63) is 77.1 Å². The van der Waals surface area contributed by atoms with Gasteiger partial charge in [-0.15, -0.1) is 0 Å². The summed E-state index contributed by atoms with van der Waals surface area (Å²) in [4.78, 5) is 15.4. The van der Waals surface area contributed by atoms with Crippen LogP contribution in [-0.2, 0) is 0 Å². The van der Waals surface area contributed by atoms with Crippen LogP contribution in [0.1, 0.15) is 16.1 Å². The zero-order valence-corrected chi connectivity index (χ0v) is 14.3. The Bertz CT molecular complexity index is 1090. The number of rotatable bonds is 4. The number of para-hydroxylation sites is 1. The van der Waals surface area contributed by atoms with Crippen LogP contribution in [-0.4, -0.2) is 27.3 Å². The first-order valence-corrected chi connectivity index (χ1v) is 8.29. The molecule has 1 amide bonds. The first kappa shape index (κ1) is 16.1. The topological polar surface area (TPSA) is 85.9 Å². The van der Waals surface area contributed by atoms with Gasteiger partial charge in [0.05, 0.1) is 11.9 Å². The number of aromatic nitrogens is 3. The first-order valence-electron chi connectivity index (χ1n) is 7.91. The van der Waals surface area contributed by atoms with Crippen LogP contribution >= 0.6 is 11.6 Å². The number of hydrogen-bond donors (Lipinski definition) is 3. The van der Waals surface area contributed by atoms with Gasteiger partial charge in [0.2, 0.25) is 0 Å². The number of nitrogens with one attached hydrogen (secondary N) is 3. The summed E-state index contributed by atoms with van der Waals surface area (Å²) in [6.45, 7) is 0. The SMILES string of the molecule is O=C(N/N=C/c1c[nH]c2ccccc12)c1cc(-c2ccc(Cl)cc2)n[nH]1. The fourth-order valence-electron chi connectivity index (χ4n) is 2.63. The first-order chi connectivity index (χ1) is 12.7. The van der Waals surface area contributed by atoms with Crippen molar-refractivity contribution in [1.82, 2.24) is 20.6 Å². The molecule has 128 valence electrons. The minimum Gasteiger partial charge on any atom is -0.361 e. The lowest BCUT2D eigenvalue weighted by atomic mass is 10.1. The molecule has 0 saturated carbocycles. The molecule has 26 heavy (non-hydrogen) atoms. The molecule has 0 fully saturated rings. The van der Waals surface area contributed by atoms with Gasteiger partial charge >= 0.3 is 0 Å². The van der Waals surface area contributed by atoms with E-state index >= 15 is 0 Å². The molecule has 2 aromatic heterocycles. The van der Waals surface area contributed by atoms with E-state index in [-0.39, 0.29) is 5.91 Å². The van der Waals surface area contributed by atoms with Crippen LogP contribution in [0.4, 0.5) is 0 Å². The van der Waals surface area contributed by atoms with E-state index in [1.54, 1.807) is 24.4 Å². The number of amides is 1. The van der Waals surface area contributed by atoms with Crippen LogP contribution < -0.4 is 5.43 Å². The number of H-pyrrole nitrogens is 2. The van der Waals surface area contributed by atoms with Gasteiger partial charge in [-0.1, -0.05) is 41.9 Å². The van der Waals surface area contributed by atoms with E-state index in [1.807, 2.05) is 42.6 Å². The number of carbonyl (C=O) groups is 1. The molecule has 3 N–H and O–H groups in total. The number of halogens is 1. The molecule has 4 rings (SSSR count). The van der Waals surface area contributed by atoms with Gasteiger partial charge in [-0.05, 0) is 24.3 Å². The minimum absolute atomic E-state index is 0.325. The molecule has 4 aromatic rings. The number of hydrazone groups is 1. The molecule has 0 radical (unpaired) electrons. The zero-order valence-electron chi connectivity index (χ0n) is 13.5. The molecule has 2 aromatic carbocycles. The molecule has 0 saturated heterocycles. The smallest absolute Gasteiger partial charge is 0.289 e. The van der Waals surface area contributed by atoms with Crippen molar-refractivity contribution in [2.45, 2.75) is 0 Å². The van der Waals surface area contributed by atoms with Crippen LogP contribution in [0.15, 0.2) is 65.9 Å². The number of nitrogens with zero attached hydrogens (tertiary/aromatic N) is 2. The molecular weight excluding hydrogens is 350 g/mol. The second-order valence-corrected chi connectivity index (χ2v) is 6.10. The molecule has 7 heteroatoms. The largest absolute Gasteiger partial charge is 0.361 e. The maximum atomic E-state index is 12.2. The molecule has 2 heterocycles. The molecule has 0 bridgehead atoms. The lowest BCUT2D eigenvalue weighted by molar-refractivity contribution is 0.0950. The molecule has 0 aliphatic carbocycles. The molecule has 0 atom stereocenters. The Morgan fingerprint density at radius 1 is 1.15 bits per heavy atom. The number of carbonyl (C=O) groups excluding carboxylic acids is 1. The Kier molecular flexibility index (Phi) is 4.25. The van der Waals surface area contributed by atoms with Crippen LogP contribution in [0.2, 0.25) is 5.02 Å². The van der Waals surface area contributed by atoms with E-state index in [0.29, 0.717) is 16.4 Å². The fourth-order valence-corrected chi connectivity index (χ4v) is 2.75. The lowest BCUT2D eigenvalue weighted by Gasteiger charge is -1.96. The van der Waals surface area contributed by atoms with E-state index in [9.17, 15) is 4.79 Å². The summed E-state index contributed by atoms with van der Waals surface area (Å²) >= 11 is 5.88. The van der Waals surface area contributed by atoms with Gasteiger partial charge in [-0.3, -0.25) is 9.89 Å². The van der Waals surface area contributed by atoms with E-state index < -0.39 is 0 Å². The van der Waals surface area contributed by atoms with Crippen LogP contribution in [0.5, 0.6) is 0 Å². The Balaban J connectivity index is 1.46. The second kappa shape index (κ2) is 6.85. The standard InChI is InChI=1S/C19H14ClN5O/c20-14-7-5-12(6-8-14)17-9-18(24-23-17)19(26)25-22-11-13-10-21-16-4-2-1-3-15(13)16/h1-11,21H,(H,23,24)(H,25,26)/b22-11+. The predicted molar refractivity (Wildman–Crippen MR) is 102 cm³/mol. The highest BCUT2D eigenvalue weighted by atomic mass is 35.5. The number of benzene rings is 2. The van der Waals surface area contributed by atoms with Gasteiger partial charge < -0.3 is 4.98 Å². The highest BCUT2D eigenvalue weighted by Gasteiger charge is 2.10. The van der Waals surface area contributed by atoms with Crippen LogP contribution in [0.3, 0.4) is 0 Å². The molecule has 6 nitrogen and oxygen atoms in total. The summed E-state index contributed by atoms with van der Waals surface area (Å²) in [7, 11) is 0. The average Bonchev–Trinajstić information content (AvgIpc) is 3.30. The Labute approximate surface area is 153 Å². The second-order valence-electron chi connectivity index (χ2n) is 5.66. The summed E-state index contributed by atoms with van der Waals surface area (Å²) in [5.41, 5.74) is 6.26. The predicted octanol–water partition coefficient (Wildman–Crippen LogP) is 3.98. The monoisotopic (exact) mass is 363 g/mol. The number of hydrogen-bond acceptors (Lipinski definition) is 3. The third kappa shape index (κ3) is 3.22. The Hall–Kier alpha value is -3.38. The highest BCUT2D eigenvalue weighted by molar-refractivity contribution is 6.30. The third-order valence-electron chi connectivity index (χ3n) is 3.95. The third-order valence-corrected chi connectivity index (χ3v) is 4.21. The molecule has 0 aliphatic heterocycles. The van der Waals surface area contributed by atoms with E-state index in [0.717, 1.165) is 22.0 Å². The summed E-state index contributed by atoms with van der Waals surface area (Å²) in [5.74, 6) is -0.367. The maximum Gasteiger partial charge on any atom is 0.289 e. The summed E-state index contributed by atoms with van der Waals surface area (Å²) in [6, 6.07) is 16.8. The highest BCUT2D eigenvalue weighted by Crippen LogP contribution is 2.20. The maximum absolute atomic E-state index is 12.2. The minimum atomic E-state index is -0.367. The van der Waals surface area contributed by atoms with Crippen molar-refractivity contribution in [3.63, 3.8) is 0 Å². The van der Waals surface area contributed by atoms with E-state index in [2.05, 4.69) is 25.7 Å². The van der Waals surface area contributed by atoms with Gasteiger partial charge in [0, 0.05) is 33.2 Å². The lowest BCUT2D eigenvalue weighted by Crippen LogP contribution is -2.17. The van der Waals surface area contributed by atoms with E-state index in [4.69, 9.17) is 11.6 Å². The molecule has 0 aliphatic rings. The van der Waals surface area contributed by atoms with E-state index in [1.165, 1.54) is 0 Å².